The highest BCUT2D eigenvalue weighted by Crippen LogP contribution is 2.11. The Kier molecular flexibility index (Phi) is 5.04. The summed E-state index contributed by atoms with van der Waals surface area (Å²) in [6.07, 6.45) is 3.37. The average Bonchev–Trinajstić information content (AvgIpc) is 2.51. The molecule has 1 amide bonds. The van der Waals surface area contributed by atoms with Gasteiger partial charge in [0.15, 0.2) is 6.61 Å². The van der Waals surface area contributed by atoms with Gasteiger partial charge in [0.25, 0.3) is 5.91 Å². The topological polar surface area (TPSA) is 63.6 Å². The van der Waals surface area contributed by atoms with Gasteiger partial charge in [0, 0.05) is 18.0 Å². The highest BCUT2D eigenvalue weighted by molar-refractivity contribution is 5.98. The predicted octanol–water partition coefficient (Wildman–Crippen LogP) is 2.31. The van der Waals surface area contributed by atoms with Crippen molar-refractivity contribution in [1.29, 1.82) is 0 Å². The molecule has 1 aromatic heterocycles. The van der Waals surface area contributed by atoms with Gasteiger partial charge in [-0.25, -0.2) is 5.43 Å². The van der Waals surface area contributed by atoms with E-state index in [-0.39, 0.29) is 12.5 Å². The van der Waals surface area contributed by atoms with Crippen LogP contribution in [-0.4, -0.2) is 23.2 Å². The van der Waals surface area contributed by atoms with Crippen LogP contribution in [0.25, 0.3) is 0 Å². The molecule has 0 bridgehead atoms. The first-order valence-corrected chi connectivity index (χ1v) is 6.58. The van der Waals surface area contributed by atoms with Gasteiger partial charge in [-0.2, -0.15) is 5.10 Å². The normalized spacial score (nSPS) is 11.0. The molecule has 5 heteroatoms. The van der Waals surface area contributed by atoms with E-state index in [9.17, 15) is 4.79 Å². The van der Waals surface area contributed by atoms with Crippen LogP contribution in [0, 0.1) is 6.92 Å². The lowest BCUT2D eigenvalue weighted by atomic mass is 10.2. The first-order chi connectivity index (χ1) is 10.1. The Morgan fingerprint density at radius 2 is 2.19 bits per heavy atom. The number of nitrogens with zero attached hydrogens (tertiary/aromatic N) is 2. The van der Waals surface area contributed by atoms with E-state index < -0.39 is 0 Å². The van der Waals surface area contributed by atoms with Crippen LogP contribution in [0.5, 0.6) is 5.75 Å². The van der Waals surface area contributed by atoms with Gasteiger partial charge in [0.2, 0.25) is 0 Å². The van der Waals surface area contributed by atoms with Crippen molar-refractivity contribution < 1.29 is 9.53 Å². The first-order valence-electron chi connectivity index (χ1n) is 6.58. The molecule has 5 nitrogen and oxygen atoms in total. The number of hydrazone groups is 1. The molecule has 0 atom stereocenters. The lowest BCUT2D eigenvalue weighted by molar-refractivity contribution is -0.123. The SMILES string of the molecule is C/C(=N/NC(=O)COc1cccc(C)c1)c1cccnc1. The molecular formula is C16H17N3O2. The van der Waals surface area contributed by atoms with E-state index in [1.54, 1.807) is 19.3 Å². The van der Waals surface area contributed by atoms with Gasteiger partial charge >= 0.3 is 0 Å². The Hall–Kier alpha value is -2.69. The van der Waals surface area contributed by atoms with Crippen molar-refractivity contribution in [1.82, 2.24) is 10.4 Å². The lowest BCUT2D eigenvalue weighted by Gasteiger charge is -2.06. The maximum atomic E-state index is 11.7. The van der Waals surface area contributed by atoms with Crippen molar-refractivity contribution in [3.8, 4) is 5.75 Å². The van der Waals surface area contributed by atoms with Crippen molar-refractivity contribution in [3.05, 3.63) is 59.9 Å². The number of carbonyl (C=O) groups excluding carboxylic acids is 1. The number of amides is 1. The molecule has 2 rings (SSSR count). The summed E-state index contributed by atoms with van der Waals surface area (Å²) >= 11 is 0. The lowest BCUT2D eigenvalue weighted by Crippen LogP contribution is -2.25. The Morgan fingerprint density at radius 3 is 2.90 bits per heavy atom. The Bertz CT molecular complexity index is 639. The number of ether oxygens (including phenoxy) is 1. The molecule has 0 saturated heterocycles. The van der Waals surface area contributed by atoms with Crippen molar-refractivity contribution in [3.63, 3.8) is 0 Å². The molecule has 0 saturated carbocycles. The summed E-state index contributed by atoms with van der Waals surface area (Å²) in [6, 6.07) is 11.2. The highest BCUT2D eigenvalue weighted by atomic mass is 16.5. The van der Waals surface area contributed by atoms with E-state index >= 15 is 0 Å². The van der Waals surface area contributed by atoms with E-state index in [4.69, 9.17) is 4.74 Å². The van der Waals surface area contributed by atoms with Crippen molar-refractivity contribution in [2.24, 2.45) is 5.10 Å². The van der Waals surface area contributed by atoms with E-state index in [0.29, 0.717) is 11.5 Å². The Labute approximate surface area is 123 Å². The largest absolute Gasteiger partial charge is 0.484 e. The number of hydrogen-bond donors (Lipinski definition) is 1. The molecule has 0 unspecified atom stereocenters. The number of aryl methyl sites for hydroxylation is 1. The van der Waals surface area contributed by atoms with Gasteiger partial charge in [-0.15, -0.1) is 0 Å². The molecule has 0 aliphatic heterocycles. The third-order valence-electron chi connectivity index (χ3n) is 2.79. The molecule has 0 spiro atoms. The Balaban J connectivity index is 1.85. The third kappa shape index (κ3) is 4.72. The van der Waals surface area contributed by atoms with Gasteiger partial charge in [-0.05, 0) is 37.6 Å². The molecule has 21 heavy (non-hydrogen) atoms. The van der Waals surface area contributed by atoms with E-state index in [0.717, 1.165) is 11.1 Å². The molecule has 1 aromatic carbocycles. The van der Waals surface area contributed by atoms with Gasteiger partial charge in [-0.3, -0.25) is 9.78 Å². The van der Waals surface area contributed by atoms with Crippen LogP contribution in [0.3, 0.4) is 0 Å². The van der Waals surface area contributed by atoms with Crippen LogP contribution < -0.4 is 10.2 Å². The van der Waals surface area contributed by atoms with Gasteiger partial charge in [0.1, 0.15) is 5.75 Å². The molecule has 0 radical (unpaired) electrons. The van der Waals surface area contributed by atoms with Crippen molar-refractivity contribution in [2.45, 2.75) is 13.8 Å². The molecule has 0 aliphatic rings. The summed E-state index contributed by atoms with van der Waals surface area (Å²) in [5.74, 6) is 0.359. The fourth-order valence-electron chi connectivity index (χ4n) is 1.67. The number of aromatic nitrogens is 1. The molecule has 0 aliphatic carbocycles. The molecule has 1 heterocycles. The third-order valence-corrected chi connectivity index (χ3v) is 2.79. The summed E-state index contributed by atoms with van der Waals surface area (Å²) in [4.78, 5) is 15.7. The zero-order chi connectivity index (χ0) is 15.1. The van der Waals surface area contributed by atoms with E-state index in [1.807, 2.05) is 43.3 Å². The van der Waals surface area contributed by atoms with Gasteiger partial charge in [-0.1, -0.05) is 18.2 Å². The number of carbonyl (C=O) groups is 1. The Morgan fingerprint density at radius 1 is 1.33 bits per heavy atom. The number of pyridine rings is 1. The maximum absolute atomic E-state index is 11.7. The molecule has 0 fully saturated rings. The van der Waals surface area contributed by atoms with E-state index in [1.165, 1.54) is 0 Å². The summed E-state index contributed by atoms with van der Waals surface area (Å²) in [5, 5.41) is 4.02. The highest BCUT2D eigenvalue weighted by Gasteiger charge is 2.03. The quantitative estimate of drug-likeness (QED) is 0.676. The first kappa shape index (κ1) is 14.7. The number of hydrogen-bond acceptors (Lipinski definition) is 4. The van der Waals surface area contributed by atoms with Crippen molar-refractivity contribution >= 4 is 11.6 Å². The molecule has 108 valence electrons. The van der Waals surface area contributed by atoms with Crippen LogP contribution in [0.15, 0.2) is 53.9 Å². The van der Waals surface area contributed by atoms with Crippen LogP contribution in [-0.2, 0) is 4.79 Å². The minimum atomic E-state index is -0.306. The smallest absolute Gasteiger partial charge is 0.277 e. The van der Waals surface area contributed by atoms with Crippen LogP contribution in [0.1, 0.15) is 18.1 Å². The molecule has 2 aromatic rings. The zero-order valence-corrected chi connectivity index (χ0v) is 12.0. The molecular weight excluding hydrogens is 266 g/mol. The van der Waals surface area contributed by atoms with Gasteiger partial charge < -0.3 is 4.74 Å². The summed E-state index contributed by atoms with van der Waals surface area (Å²) in [6.45, 7) is 3.69. The standard InChI is InChI=1S/C16H17N3O2/c1-12-5-3-7-15(9-12)21-11-16(20)19-18-13(2)14-6-4-8-17-10-14/h3-10H,11H2,1-2H3,(H,19,20)/b18-13-. The van der Waals surface area contributed by atoms with Crippen LogP contribution >= 0.6 is 0 Å². The van der Waals surface area contributed by atoms with Gasteiger partial charge in [0.05, 0.1) is 5.71 Å². The van der Waals surface area contributed by atoms with Crippen LogP contribution in [0.2, 0.25) is 0 Å². The summed E-state index contributed by atoms with van der Waals surface area (Å²) < 4.78 is 5.39. The molecule has 1 N–H and O–H groups in total. The van der Waals surface area contributed by atoms with Crippen LogP contribution in [0.4, 0.5) is 0 Å². The van der Waals surface area contributed by atoms with E-state index in [2.05, 4.69) is 15.5 Å². The second kappa shape index (κ2) is 7.19. The summed E-state index contributed by atoms with van der Waals surface area (Å²) in [7, 11) is 0. The number of rotatable bonds is 5. The number of benzene rings is 1. The minimum absolute atomic E-state index is 0.0761. The average molecular weight is 283 g/mol. The number of nitrogens with one attached hydrogen (secondary N) is 1. The zero-order valence-electron chi connectivity index (χ0n) is 12.0. The minimum Gasteiger partial charge on any atom is -0.484 e. The second-order valence-corrected chi connectivity index (χ2v) is 4.58. The maximum Gasteiger partial charge on any atom is 0.277 e. The predicted molar refractivity (Wildman–Crippen MR) is 81.3 cm³/mol. The van der Waals surface area contributed by atoms with Crippen molar-refractivity contribution in [2.75, 3.05) is 6.61 Å². The fraction of sp³-hybridized carbons (Fsp3) is 0.188. The monoisotopic (exact) mass is 283 g/mol. The summed E-state index contributed by atoms with van der Waals surface area (Å²) in [5.41, 5.74) is 5.09. The fourth-order valence-corrected chi connectivity index (χ4v) is 1.67. The second-order valence-electron chi connectivity index (χ2n) is 4.58.